The van der Waals surface area contributed by atoms with Gasteiger partial charge in [-0.05, 0) is 69.5 Å². The molecule has 0 atom stereocenters. The third-order valence-corrected chi connectivity index (χ3v) is 6.62. The summed E-state index contributed by atoms with van der Waals surface area (Å²) >= 11 is 0. The smallest absolute Gasteiger partial charge is 0.410 e. The van der Waals surface area contributed by atoms with Gasteiger partial charge in [0.1, 0.15) is 5.60 Å². The third kappa shape index (κ3) is 7.57. The van der Waals surface area contributed by atoms with Crippen LogP contribution in [0.25, 0.3) is 11.3 Å². The standard InChI is InChI=1S/C34H39N3O5/c1-6-8-20-37(33(40)42-34(3,4)5)22-23-14-17-26(18-15-23)35-30(24-12-10-9-11-13-24)29-27-19-16-25(32(39)41-7-2)21-28(27)36-31(29)38/h9-19,21,35H,6-8,20,22H2,1-5H3,(H,36,38)/b30-29-. The van der Waals surface area contributed by atoms with Crippen LogP contribution in [0.4, 0.5) is 16.2 Å². The maximum atomic E-state index is 13.3. The lowest BCUT2D eigenvalue weighted by Gasteiger charge is -2.27. The van der Waals surface area contributed by atoms with Crippen LogP contribution in [0.15, 0.2) is 72.8 Å². The molecule has 1 aliphatic heterocycles. The van der Waals surface area contributed by atoms with E-state index in [4.69, 9.17) is 9.47 Å². The van der Waals surface area contributed by atoms with Crippen LogP contribution in [0.2, 0.25) is 0 Å². The molecule has 0 fully saturated rings. The lowest BCUT2D eigenvalue weighted by Crippen LogP contribution is -2.37. The molecule has 220 valence electrons. The quantitative estimate of drug-likeness (QED) is 0.196. The minimum absolute atomic E-state index is 0.266. The maximum absolute atomic E-state index is 13.3. The number of anilines is 2. The minimum atomic E-state index is -0.567. The van der Waals surface area contributed by atoms with E-state index in [1.54, 1.807) is 30.0 Å². The Kier molecular flexibility index (Phi) is 9.68. The summed E-state index contributed by atoms with van der Waals surface area (Å²) in [6, 6.07) is 22.5. The average Bonchev–Trinajstić information content (AvgIpc) is 3.29. The van der Waals surface area contributed by atoms with Crippen molar-refractivity contribution in [2.24, 2.45) is 0 Å². The van der Waals surface area contributed by atoms with Gasteiger partial charge in [0.05, 0.1) is 29.1 Å². The van der Waals surface area contributed by atoms with E-state index >= 15 is 0 Å². The molecule has 0 bridgehead atoms. The monoisotopic (exact) mass is 569 g/mol. The largest absolute Gasteiger partial charge is 0.462 e. The fraction of sp³-hybridized carbons (Fsp3) is 0.324. The summed E-state index contributed by atoms with van der Waals surface area (Å²) in [5.74, 6) is -0.702. The van der Waals surface area contributed by atoms with Gasteiger partial charge >= 0.3 is 12.1 Å². The van der Waals surface area contributed by atoms with Crippen LogP contribution in [-0.4, -0.2) is 41.6 Å². The molecule has 3 aromatic rings. The van der Waals surface area contributed by atoms with Crippen LogP contribution in [0.3, 0.4) is 0 Å². The van der Waals surface area contributed by atoms with Crippen molar-refractivity contribution in [2.45, 2.75) is 59.6 Å². The zero-order valence-corrected chi connectivity index (χ0v) is 25.0. The van der Waals surface area contributed by atoms with Gasteiger partial charge in [-0.2, -0.15) is 0 Å². The Balaban J connectivity index is 1.63. The number of carbonyl (C=O) groups is 3. The summed E-state index contributed by atoms with van der Waals surface area (Å²) in [4.78, 5) is 40.1. The molecule has 0 radical (unpaired) electrons. The molecule has 42 heavy (non-hydrogen) atoms. The van der Waals surface area contributed by atoms with Crippen LogP contribution in [0.1, 0.15) is 74.5 Å². The van der Waals surface area contributed by atoms with Crippen molar-refractivity contribution < 1.29 is 23.9 Å². The molecule has 8 heteroatoms. The Morgan fingerprint density at radius 1 is 0.929 bits per heavy atom. The highest BCUT2D eigenvalue weighted by Gasteiger charge is 2.29. The normalized spacial score (nSPS) is 13.6. The molecular formula is C34H39N3O5. The van der Waals surface area contributed by atoms with E-state index in [9.17, 15) is 14.4 Å². The Hall–Kier alpha value is -4.59. The van der Waals surface area contributed by atoms with Gasteiger partial charge in [-0.25, -0.2) is 9.59 Å². The first-order valence-corrected chi connectivity index (χ1v) is 14.4. The maximum Gasteiger partial charge on any atom is 0.410 e. The summed E-state index contributed by atoms with van der Waals surface area (Å²) in [5.41, 5.74) is 4.76. The number of esters is 1. The lowest BCUT2D eigenvalue weighted by atomic mass is 9.99. The molecule has 8 nitrogen and oxygen atoms in total. The van der Waals surface area contributed by atoms with E-state index in [1.807, 2.05) is 75.4 Å². The van der Waals surface area contributed by atoms with Gasteiger partial charge in [0.25, 0.3) is 5.91 Å². The van der Waals surface area contributed by atoms with Crippen LogP contribution >= 0.6 is 0 Å². The van der Waals surface area contributed by atoms with Crippen molar-refractivity contribution >= 4 is 40.6 Å². The van der Waals surface area contributed by atoms with Gasteiger partial charge in [0.2, 0.25) is 0 Å². The first-order valence-electron chi connectivity index (χ1n) is 14.4. The van der Waals surface area contributed by atoms with Gasteiger partial charge in [0.15, 0.2) is 0 Å². The number of amides is 2. The SMILES string of the molecule is CCCCN(Cc1ccc(N/C(=C2\C(=O)Nc3cc(C(=O)OCC)ccc32)c2ccccc2)cc1)C(=O)OC(C)(C)C. The number of carbonyl (C=O) groups excluding carboxylic acids is 3. The third-order valence-electron chi connectivity index (χ3n) is 6.62. The van der Waals surface area contributed by atoms with E-state index in [1.165, 1.54) is 0 Å². The van der Waals surface area contributed by atoms with E-state index < -0.39 is 11.6 Å². The number of unbranched alkanes of at least 4 members (excludes halogenated alkanes) is 1. The van der Waals surface area contributed by atoms with Crippen molar-refractivity contribution in [1.29, 1.82) is 0 Å². The number of rotatable bonds is 10. The molecule has 1 aliphatic rings. The van der Waals surface area contributed by atoms with Gasteiger partial charge < -0.3 is 25.0 Å². The van der Waals surface area contributed by atoms with Crippen LogP contribution in [0, 0.1) is 0 Å². The predicted octanol–water partition coefficient (Wildman–Crippen LogP) is 7.33. The fourth-order valence-electron chi connectivity index (χ4n) is 4.61. The fourth-order valence-corrected chi connectivity index (χ4v) is 4.61. The second kappa shape index (κ2) is 13.4. The highest BCUT2D eigenvalue weighted by Crippen LogP contribution is 2.38. The second-order valence-corrected chi connectivity index (χ2v) is 11.1. The van der Waals surface area contributed by atoms with Crippen LogP contribution < -0.4 is 10.6 Å². The zero-order valence-electron chi connectivity index (χ0n) is 25.0. The molecule has 2 amide bonds. The number of hydrogen-bond donors (Lipinski definition) is 2. The molecular weight excluding hydrogens is 530 g/mol. The molecule has 0 saturated carbocycles. The predicted molar refractivity (Wildman–Crippen MR) is 166 cm³/mol. The zero-order chi connectivity index (χ0) is 30.3. The van der Waals surface area contributed by atoms with Crippen LogP contribution in [0.5, 0.6) is 0 Å². The summed E-state index contributed by atoms with van der Waals surface area (Å²) in [7, 11) is 0. The Bertz CT molecular complexity index is 1460. The first-order chi connectivity index (χ1) is 20.1. The van der Waals surface area contributed by atoms with Crippen molar-refractivity contribution in [2.75, 3.05) is 23.8 Å². The molecule has 0 unspecified atom stereocenters. The summed E-state index contributed by atoms with van der Waals surface area (Å²) < 4.78 is 10.7. The first kappa shape index (κ1) is 30.4. The van der Waals surface area contributed by atoms with Crippen LogP contribution in [-0.2, 0) is 20.8 Å². The number of hydrogen-bond acceptors (Lipinski definition) is 6. The molecule has 4 rings (SSSR count). The van der Waals surface area contributed by atoms with Gasteiger partial charge in [0, 0.05) is 24.3 Å². The Morgan fingerprint density at radius 2 is 1.64 bits per heavy atom. The minimum Gasteiger partial charge on any atom is -0.462 e. The molecule has 2 N–H and O–H groups in total. The van der Waals surface area contributed by atoms with E-state index in [0.29, 0.717) is 41.2 Å². The van der Waals surface area contributed by atoms with E-state index in [0.717, 1.165) is 29.7 Å². The van der Waals surface area contributed by atoms with E-state index in [-0.39, 0.29) is 18.6 Å². The Morgan fingerprint density at radius 3 is 2.29 bits per heavy atom. The molecule has 1 heterocycles. The van der Waals surface area contributed by atoms with Gasteiger partial charge in [-0.15, -0.1) is 0 Å². The second-order valence-electron chi connectivity index (χ2n) is 11.1. The molecule has 0 aliphatic carbocycles. The van der Waals surface area contributed by atoms with E-state index in [2.05, 4.69) is 17.6 Å². The highest BCUT2D eigenvalue weighted by atomic mass is 16.6. The van der Waals surface area contributed by atoms with Crippen molar-refractivity contribution in [3.8, 4) is 0 Å². The molecule has 0 saturated heterocycles. The van der Waals surface area contributed by atoms with Crippen molar-refractivity contribution in [1.82, 2.24) is 4.90 Å². The molecule has 0 aromatic heterocycles. The topological polar surface area (TPSA) is 97.0 Å². The summed E-state index contributed by atoms with van der Waals surface area (Å²) in [6.07, 6.45) is 1.53. The number of nitrogens with zero attached hydrogens (tertiary/aromatic N) is 1. The Labute approximate surface area is 247 Å². The number of nitrogens with one attached hydrogen (secondary N) is 2. The number of ether oxygens (including phenoxy) is 2. The average molecular weight is 570 g/mol. The highest BCUT2D eigenvalue weighted by molar-refractivity contribution is 6.37. The molecule has 0 spiro atoms. The van der Waals surface area contributed by atoms with Crippen molar-refractivity contribution in [3.63, 3.8) is 0 Å². The number of fused-ring (bicyclic) bond motifs is 1. The van der Waals surface area contributed by atoms with Gasteiger partial charge in [-0.1, -0.05) is 61.9 Å². The van der Waals surface area contributed by atoms with Gasteiger partial charge in [-0.3, -0.25) is 4.79 Å². The summed E-state index contributed by atoms with van der Waals surface area (Å²) in [5, 5.41) is 6.36. The molecule has 3 aromatic carbocycles. The summed E-state index contributed by atoms with van der Waals surface area (Å²) in [6.45, 7) is 10.8. The van der Waals surface area contributed by atoms with Crippen molar-refractivity contribution in [3.05, 3.63) is 95.1 Å². The lowest BCUT2D eigenvalue weighted by molar-refractivity contribution is -0.110. The number of benzene rings is 3.